The Labute approximate surface area is 195 Å². The summed E-state index contributed by atoms with van der Waals surface area (Å²) in [6.45, 7) is 0. The second kappa shape index (κ2) is 7.54. The Balaban J connectivity index is 1.54. The number of rotatable bonds is 3. The van der Waals surface area contributed by atoms with Gasteiger partial charge in [-0.3, -0.25) is 14.2 Å². The molecule has 6 heteroatoms. The van der Waals surface area contributed by atoms with Gasteiger partial charge in [-0.05, 0) is 24.3 Å². The van der Waals surface area contributed by atoms with E-state index in [-0.39, 0.29) is 17.1 Å². The van der Waals surface area contributed by atoms with Crippen molar-refractivity contribution in [2.24, 2.45) is 0 Å². The van der Waals surface area contributed by atoms with Crippen molar-refractivity contribution in [2.75, 3.05) is 0 Å². The van der Waals surface area contributed by atoms with Crippen molar-refractivity contribution in [3.63, 3.8) is 0 Å². The van der Waals surface area contributed by atoms with Crippen molar-refractivity contribution in [3.05, 3.63) is 107 Å². The number of thiazole rings is 1. The predicted molar refractivity (Wildman–Crippen MR) is 133 cm³/mol. The summed E-state index contributed by atoms with van der Waals surface area (Å²) in [6.07, 6.45) is 1.67. The molecule has 4 nitrogen and oxygen atoms in total. The van der Waals surface area contributed by atoms with E-state index in [1.54, 1.807) is 35.6 Å². The minimum absolute atomic E-state index is 0.140. The first-order valence-corrected chi connectivity index (χ1v) is 11.3. The van der Waals surface area contributed by atoms with Crippen LogP contribution in [0.15, 0.2) is 90.5 Å². The zero-order valence-corrected chi connectivity index (χ0v) is 18.2. The van der Waals surface area contributed by atoms with Gasteiger partial charge >= 0.3 is 0 Å². The lowest BCUT2D eigenvalue weighted by Gasteiger charge is -2.07. The Morgan fingerprint density at radius 2 is 1.52 bits per heavy atom. The third-order valence-electron chi connectivity index (χ3n) is 5.73. The first-order chi connectivity index (χ1) is 16.1. The van der Waals surface area contributed by atoms with Gasteiger partial charge < -0.3 is 0 Å². The zero-order chi connectivity index (χ0) is 22.5. The molecule has 1 aliphatic carbocycles. The number of aromatic nitrogens is 2. The summed E-state index contributed by atoms with van der Waals surface area (Å²) in [4.78, 5) is 31.0. The number of fused-ring (bicyclic) bond motifs is 2. The van der Waals surface area contributed by atoms with Crippen LogP contribution < -0.4 is 5.46 Å². The lowest BCUT2D eigenvalue weighted by atomic mass is 9.92. The first-order valence-electron chi connectivity index (χ1n) is 10.4. The van der Waals surface area contributed by atoms with E-state index in [1.165, 1.54) is 0 Å². The van der Waals surface area contributed by atoms with Crippen LogP contribution in [-0.4, -0.2) is 29.0 Å². The molecular formula is C27H15BN2O2S. The van der Waals surface area contributed by atoms with Gasteiger partial charge in [0.05, 0.1) is 16.0 Å². The molecule has 6 rings (SSSR count). The number of ketones is 2. The van der Waals surface area contributed by atoms with Crippen LogP contribution in [0.2, 0.25) is 0 Å². The molecule has 0 atom stereocenters. The van der Waals surface area contributed by atoms with Crippen molar-refractivity contribution in [1.29, 1.82) is 0 Å². The topological polar surface area (TPSA) is 52.0 Å². The number of nitrogens with zero attached hydrogens (tertiary/aromatic N) is 2. The molecule has 5 aromatic rings. The number of hydrogen-bond acceptors (Lipinski definition) is 4. The summed E-state index contributed by atoms with van der Waals surface area (Å²) in [5.41, 5.74) is 4.82. The van der Waals surface area contributed by atoms with Crippen molar-refractivity contribution >= 4 is 52.6 Å². The summed E-state index contributed by atoms with van der Waals surface area (Å²) < 4.78 is 2.97. The van der Waals surface area contributed by atoms with Crippen LogP contribution in [-0.2, 0) is 0 Å². The van der Waals surface area contributed by atoms with Crippen LogP contribution in [0.1, 0.15) is 26.4 Å². The van der Waals surface area contributed by atoms with E-state index >= 15 is 0 Å². The maximum Gasteiger partial charge on any atom is 0.197 e. The Morgan fingerprint density at radius 3 is 2.27 bits per heavy atom. The monoisotopic (exact) mass is 442 g/mol. The molecule has 2 aromatic heterocycles. The van der Waals surface area contributed by atoms with Gasteiger partial charge in [-0.1, -0.05) is 72.2 Å². The van der Waals surface area contributed by atoms with Gasteiger partial charge in [-0.15, -0.1) is 11.3 Å². The number of allylic oxidation sites excluding steroid dienone is 1. The molecule has 0 amide bonds. The second-order valence-electron chi connectivity index (χ2n) is 7.83. The minimum Gasteiger partial charge on any atom is -0.294 e. The van der Waals surface area contributed by atoms with Crippen molar-refractivity contribution < 1.29 is 9.59 Å². The summed E-state index contributed by atoms with van der Waals surface area (Å²) >= 11 is 1.58. The third-order valence-corrected chi connectivity index (χ3v) is 6.77. The fourth-order valence-electron chi connectivity index (χ4n) is 4.18. The highest BCUT2D eigenvalue weighted by atomic mass is 32.1. The highest BCUT2D eigenvalue weighted by molar-refractivity contribution is 7.21. The second-order valence-corrected chi connectivity index (χ2v) is 8.86. The maximum absolute atomic E-state index is 13.0. The van der Waals surface area contributed by atoms with Crippen LogP contribution >= 0.6 is 11.3 Å². The summed E-state index contributed by atoms with van der Waals surface area (Å²) in [6, 6.07) is 26.7. The quantitative estimate of drug-likeness (QED) is 0.224. The average molecular weight is 442 g/mol. The van der Waals surface area contributed by atoms with E-state index < -0.39 is 0 Å². The van der Waals surface area contributed by atoms with Gasteiger partial charge in [-0.25, -0.2) is 4.98 Å². The summed E-state index contributed by atoms with van der Waals surface area (Å²) in [5, 5.41) is 0.917. The number of para-hydroxylation sites is 1. The fourth-order valence-corrected chi connectivity index (χ4v) is 5.18. The van der Waals surface area contributed by atoms with Crippen LogP contribution in [0.4, 0.5) is 0 Å². The van der Waals surface area contributed by atoms with Gasteiger partial charge in [-0.2, -0.15) is 0 Å². The van der Waals surface area contributed by atoms with Gasteiger partial charge in [0.25, 0.3) is 0 Å². The molecule has 1 aliphatic rings. The highest BCUT2D eigenvalue weighted by Gasteiger charge is 2.33. The highest BCUT2D eigenvalue weighted by Crippen LogP contribution is 2.36. The SMILES string of the molecule is [B]c1ccc2c(c1)C(=O)/C(=C\c1cc3sc(-c4ccccc4)nc3n1-c1ccccc1)C2=O. The molecule has 154 valence electrons. The first kappa shape index (κ1) is 19.6. The van der Waals surface area contributed by atoms with Gasteiger partial charge in [0.2, 0.25) is 0 Å². The van der Waals surface area contributed by atoms with Crippen LogP contribution in [0.3, 0.4) is 0 Å². The molecule has 3 aromatic carbocycles. The van der Waals surface area contributed by atoms with Crippen molar-refractivity contribution in [1.82, 2.24) is 9.55 Å². The molecule has 0 bridgehead atoms. The average Bonchev–Trinajstić information content (AvgIpc) is 3.46. The molecule has 0 saturated heterocycles. The van der Waals surface area contributed by atoms with Crippen molar-refractivity contribution in [3.8, 4) is 16.3 Å². The molecule has 0 aliphatic heterocycles. The number of hydrogen-bond donors (Lipinski definition) is 0. The number of carbonyl (C=O) groups is 2. The van der Waals surface area contributed by atoms with E-state index in [1.807, 2.05) is 71.3 Å². The standard InChI is InChI=1S/C27H15BN2O2S/c28-17-11-12-20-21(13-17)25(32)22(24(20)31)14-19-15-23-26(30(19)18-9-5-2-6-10-18)29-27(33-23)16-7-3-1-4-8-16/h1-15H/b22-14-. The summed E-state index contributed by atoms with van der Waals surface area (Å²) in [5.74, 6) is -0.582. The van der Waals surface area contributed by atoms with E-state index in [9.17, 15) is 9.59 Å². The van der Waals surface area contributed by atoms with Crippen LogP contribution in [0, 0.1) is 0 Å². The third kappa shape index (κ3) is 3.19. The largest absolute Gasteiger partial charge is 0.294 e. The molecule has 2 heterocycles. The number of benzene rings is 3. The zero-order valence-electron chi connectivity index (χ0n) is 17.4. The van der Waals surface area contributed by atoms with E-state index in [0.29, 0.717) is 16.6 Å². The lowest BCUT2D eigenvalue weighted by molar-refractivity contribution is 0.0990. The Kier molecular flexibility index (Phi) is 4.49. The molecule has 33 heavy (non-hydrogen) atoms. The molecule has 0 saturated carbocycles. The van der Waals surface area contributed by atoms with E-state index in [0.717, 1.165) is 32.3 Å². The molecule has 0 spiro atoms. The fraction of sp³-hybridized carbons (Fsp3) is 0. The molecule has 0 fully saturated rings. The lowest BCUT2D eigenvalue weighted by Crippen LogP contribution is -2.05. The van der Waals surface area contributed by atoms with Gasteiger partial charge in [0, 0.05) is 22.4 Å². The molecule has 0 unspecified atom stereocenters. The predicted octanol–water partition coefficient (Wildman–Crippen LogP) is 5.01. The van der Waals surface area contributed by atoms with E-state index in [4.69, 9.17) is 12.8 Å². The normalized spacial score (nSPS) is 14.4. The van der Waals surface area contributed by atoms with Crippen LogP contribution in [0.25, 0.3) is 32.7 Å². The summed E-state index contributed by atoms with van der Waals surface area (Å²) in [7, 11) is 5.84. The Bertz CT molecular complexity index is 1600. The smallest absolute Gasteiger partial charge is 0.197 e. The Morgan fingerprint density at radius 1 is 0.818 bits per heavy atom. The van der Waals surface area contributed by atoms with E-state index in [2.05, 4.69) is 0 Å². The minimum atomic E-state index is -0.301. The van der Waals surface area contributed by atoms with Crippen LogP contribution in [0.5, 0.6) is 0 Å². The van der Waals surface area contributed by atoms with Gasteiger partial charge in [0.15, 0.2) is 17.2 Å². The number of Topliss-reactive ketones (excluding diaryl/α,β-unsaturated/α-hetero) is 2. The number of carbonyl (C=O) groups excluding carboxylic acids is 2. The molecular weight excluding hydrogens is 427 g/mol. The molecule has 0 N–H and O–H groups in total. The van der Waals surface area contributed by atoms with Crippen molar-refractivity contribution in [2.45, 2.75) is 0 Å². The molecule has 2 radical (unpaired) electrons. The maximum atomic E-state index is 13.0. The van der Waals surface area contributed by atoms with Gasteiger partial charge in [0.1, 0.15) is 12.9 Å². The Hall–Kier alpha value is -4.03.